The van der Waals surface area contributed by atoms with Gasteiger partial charge in [0.25, 0.3) is 12.3 Å². The van der Waals surface area contributed by atoms with Gasteiger partial charge < -0.3 is 20.6 Å². The van der Waals surface area contributed by atoms with Gasteiger partial charge >= 0.3 is 6.18 Å². The first-order valence-corrected chi connectivity index (χ1v) is 13.2. The van der Waals surface area contributed by atoms with Crippen LogP contribution in [0.1, 0.15) is 74.4 Å². The van der Waals surface area contributed by atoms with Gasteiger partial charge in [-0.15, -0.1) is 11.3 Å². The molecule has 1 fully saturated rings. The molecule has 0 spiro atoms. The summed E-state index contributed by atoms with van der Waals surface area (Å²) in [6.45, 7) is 8.86. The summed E-state index contributed by atoms with van der Waals surface area (Å²) in [5, 5.41) is 14.3. The summed E-state index contributed by atoms with van der Waals surface area (Å²) in [4.78, 5) is 32.5. The average Bonchev–Trinajstić information content (AvgIpc) is 3.44. The van der Waals surface area contributed by atoms with E-state index in [9.17, 15) is 36.6 Å². The third kappa shape index (κ3) is 9.38. The number of halogens is 5. The van der Waals surface area contributed by atoms with Gasteiger partial charge in [-0.2, -0.15) is 13.2 Å². The fourth-order valence-electron chi connectivity index (χ4n) is 3.74. The van der Waals surface area contributed by atoms with E-state index in [0.29, 0.717) is 11.7 Å². The number of carbonyl (C=O) groups is 2. The Morgan fingerprint density at radius 2 is 2.00 bits per heavy atom. The molecule has 1 aliphatic rings. The Balaban J connectivity index is 0.000000568. The fourth-order valence-corrected chi connectivity index (χ4v) is 4.76. The van der Waals surface area contributed by atoms with Crippen molar-refractivity contribution in [1.82, 2.24) is 20.2 Å². The summed E-state index contributed by atoms with van der Waals surface area (Å²) in [7, 11) is 0. The number of hydrogen-bond donors (Lipinski definition) is 3. The van der Waals surface area contributed by atoms with Gasteiger partial charge in [-0.25, -0.2) is 18.7 Å². The number of likely N-dealkylation sites (tertiary alicyclic amines) is 1. The standard InChI is InChI=1S/C19H23F5N4O2S.C6H11NO/c1-5-12(19(22,23)24)28-13-6-10(15(20)21)11(7-25-13)14-9(2)27-17(31-14)16(29)26-8-18(3,4)30;1-6-3-2-4-7(6)5-8/h6-7,12,15,30H,5,8H2,1-4H3,(H,25,28)(H,26,29);5-6H,2-4H2,1H3. The van der Waals surface area contributed by atoms with E-state index in [1.807, 2.05) is 4.90 Å². The largest absolute Gasteiger partial charge is 0.408 e. The molecule has 8 nitrogen and oxygen atoms in total. The lowest BCUT2D eigenvalue weighted by atomic mass is 10.1. The lowest BCUT2D eigenvalue weighted by Gasteiger charge is -2.21. The molecular weight excluding hydrogens is 545 g/mol. The van der Waals surface area contributed by atoms with Crippen LogP contribution in [-0.4, -0.2) is 69.2 Å². The van der Waals surface area contributed by atoms with Crippen molar-refractivity contribution >= 4 is 29.5 Å². The Kier molecular flexibility index (Phi) is 11.2. The quantitative estimate of drug-likeness (QED) is 0.274. The Hall–Kier alpha value is -2.87. The molecule has 2 aromatic heterocycles. The molecule has 2 atom stereocenters. The zero-order valence-corrected chi connectivity index (χ0v) is 23.2. The van der Waals surface area contributed by atoms with Crippen molar-refractivity contribution in [2.75, 3.05) is 18.4 Å². The van der Waals surface area contributed by atoms with Crippen molar-refractivity contribution < 1.29 is 36.6 Å². The molecule has 2 aromatic rings. The molecule has 2 amide bonds. The van der Waals surface area contributed by atoms with E-state index in [2.05, 4.69) is 27.5 Å². The maximum absolute atomic E-state index is 13.7. The van der Waals surface area contributed by atoms with Crippen molar-refractivity contribution in [2.45, 2.75) is 84.2 Å². The summed E-state index contributed by atoms with van der Waals surface area (Å²) >= 11 is 0.853. The van der Waals surface area contributed by atoms with Gasteiger partial charge in [-0.1, -0.05) is 6.92 Å². The molecule has 39 heavy (non-hydrogen) atoms. The van der Waals surface area contributed by atoms with E-state index < -0.39 is 35.7 Å². The van der Waals surface area contributed by atoms with Crippen molar-refractivity contribution in [3.05, 3.63) is 28.5 Å². The molecule has 14 heteroatoms. The SMILES string of the molecule is CC1CCCN1C=O.CCC(Nc1cc(C(F)F)c(-c2sc(C(=O)NCC(C)(C)O)nc2C)cn1)C(F)(F)F. The number of aromatic nitrogens is 2. The Morgan fingerprint density at radius 3 is 2.46 bits per heavy atom. The first-order valence-electron chi connectivity index (χ1n) is 12.4. The van der Waals surface area contributed by atoms with E-state index in [0.717, 1.165) is 36.6 Å². The number of nitrogens with zero attached hydrogens (tertiary/aromatic N) is 3. The molecule has 1 aliphatic heterocycles. The summed E-state index contributed by atoms with van der Waals surface area (Å²) in [6, 6.07) is -0.554. The van der Waals surface area contributed by atoms with E-state index >= 15 is 0 Å². The van der Waals surface area contributed by atoms with E-state index in [1.165, 1.54) is 40.5 Å². The van der Waals surface area contributed by atoms with Crippen LogP contribution >= 0.6 is 11.3 Å². The summed E-state index contributed by atoms with van der Waals surface area (Å²) < 4.78 is 66.3. The van der Waals surface area contributed by atoms with E-state index in [4.69, 9.17) is 0 Å². The molecule has 0 aromatic carbocycles. The van der Waals surface area contributed by atoms with Crippen molar-refractivity contribution in [2.24, 2.45) is 0 Å². The van der Waals surface area contributed by atoms with Crippen LogP contribution in [0.2, 0.25) is 0 Å². The number of nitrogens with one attached hydrogen (secondary N) is 2. The number of alkyl halides is 5. The smallest absolute Gasteiger partial charge is 0.389 e. The minimum Gasteiger partial charge on any atom is -0.389 e. The van der Waals surface area contributed by atoms with Crippen LogP contribution in [-0.2, 0) is 4.79 Å². The number of anilines is 1. The Morgan fingerprint density at radius 1 is 1.33 bits per heavy atom. The van der Waals surface area contributed by atoms with Crippen LogP contribution in [0.15, 0.2) is 12.3 Å². The lowest BCUT2D eigenvalue weighted by molar-refractivity contribution is -0.142. The second-order valence-electron chi connectivity index (χ2n) is 9.87. The number of pyridine rings is 1. The minimum atomic E-state index is -4.56. The molecule has 0 aliphatic carbocycles. The van der Waals surface area contributed by atoms with Gasteiger partial charge in [0.2, 0.25) is 6.41 Å². The highest BCUT2D eigenvalue weighted by molar-refractivity contribution is 7.17. The first kappa shape index (κ1) is 32.3. The normalized spacial score (nSPS) is 16.5. The van der Waals surface area contributed by atoms with Crippen LogP contribution in [0, 0.1) is 6.92 Å². The molecule has 1 saturated heterocycles. The van der Waals surface area contributed by atoms with Crippen LogP contribution in [0.25, 0.3) is 10.4 Å². The summed E-state index contributed by atoms with van der Waals surface area (Å²) in [5.74, 6) is -0.907. The highest BCUT2D eigenvalue weighted by atomic mass is 32.1. The molecule has 3 N–H and O–H groups in total. The number of rotatable bonds is 9. The number of hydrogen-bond acceptors (Lipinski definition) is 7. The van der Waals surface area contributed by atoms with Crippen LogP contribution in [0.3, 0.4) is 0 Å². The first-order chi connectivity index (χ1) is 18.1. The van der Waals surface area contributed by atoms with Crippen LogP contribution < -0.4 is 10.6 Å². The molecule has 3 rings (SSSR count). The Labute approximate surface area is 228 Å². The molecular formula is C25H34F5N5O3S. The fraction of sp³-hybridized carbons (Fsp3) is 0.600. The molecule has 0 saturated carbocycles. The van der Waals surface area contributed by atoms with Crippen LogP contribution in [0.4, 0.5) is 27.8 Å². The van der Waals surface area contributed by atoms with Gasteiger partial charge in [0.05, 0.1) is 16.2 Å². The Bertz CT molecular complexity index is 1120. The van der Waals surface area contributed by atoms with E-state index in [1.54, 1.807) is 0 Å². The zero-order chi connectivity index (χ0) is 29.5. The third-order valence-corrected chi connectivity index (χ3v) is 7.14. The minimum absolute atomic E-state index is 0.00212. The van der Waals surface area contributed by atoms with Gasteiger partial charge in [0.1, 0.15) is 11.9 Å². The number of carbonyl (C=O) groups excluding carboxylic acids is 2. The monoisotopic (exact) mass is 579 g/mol. The van der Waals surface area contributed by atoms with Gasteiger partial charge in [-0.3, -0.25) is 9.59 Å². The topological polar surface area (TPSA) is 107 Å². The molecule has 218 valence electrons. The van der Waals surface area contributed by atoms with Crippen molar-refractivity contribution in [1.29, 1.82) is 0 Å². The number of aliphatic hydroxyl groups is 1. The number of amides is 2. The predicted octanol–water partition coefficient (Wildman–Crippen LogP) is 5.33. The maximum Gasteiger partial charge on any atom is 0.408 e. The van der Waals surface area contributed by atoms with Crippen LogP contribution in [0.5, 0.6) is 0 Å². The lowest BCUT2D eigenvalue weighted by Crippen LogP contribution is -2.38. The number of thiazole rings is 1. The predicted molar refractivity (Wildman–Crippen MR) is 139 cm³/mol. The van der Waals surface area contributed by atoms with Crippen molar-refractivity contribution in [3.63, 3.8) is 0 Å². The van der Waals surface area contributed by atoms with Gasteiger partial charge in [0.15, 0.2) is 5.01 Å². The zero-order valence-electron chi connectivity index (χ0n) is 22.4. The molecule has 2 unspecified atom stereocenters. The average molecular weight is 580 g/mol. The van der Waals surface area contributed by atoms with Gasteiger partial charge in [0, 0.05) is 36.5 Å². The second-order valence-corrected chi connectivity index (χ2v) is 10.9. The molecule has 0 radical (unpaired) electrons. The van der Waals surface area contributed by atoms with Crippen molar-refractivity contribution in [3.8, 4) is 10.4 Å². The second kappa shape index (κ2) is 13.5. The number of aryl methyl sites for hydroxylation is 1. The van der Waals surface area contributed by atoms with Gasteiger partial charge in [-0.05, 0) is 53.0 Å². The third-order valence-electron chi connectivity index (χ3n) is 5.95. The highest BCUT2D eigenvalue weighted by Gasteiger charge is 2.38. The highest BCUT2D eigenvalue weighted by Crippen LogP contribution is 2.38. The summed E-state index contributed by atoms with van der Waals surface area (Å²) in [5.41, 5.74) is -1.39. The van der Waals surface area contributed by atoms with E-state index in [-0.39, 0.29) is 34.2 Å². The maximum atomic E-state index is 13.7. The summed E-state index contributed by atoms with van der Waals surface area (Å²) in [6.07, 6.45) is -3.49. The molecule has 3 heterocycles. The molecule has 0 bridgehead atoms.